The van der Waals surface area contributed by atoms with Crippen LogP contribution in [-0.2, 0) is 19.6 Å². The van der Waals surface area contributed by atoms with Gasteiger partial charge in [0.2, 0.25) is 10.0 Å². The number of ether oxygens (including phenoxy) is 1. The van der Waals surface area contributed by atoms with Crippen molar-refractivity contribution < 1.29 is 17.9 Å². The van der Waals surface area contributed by atoms with Crippen LogP contribution >= 0.6 is 0 Å². The van der Waals surface area contributed by atoms with Crippen LogP contribution in [0.3, 0.4) is 0 Å². The van der Waals surface area contributed by atoms with E-state index in [2.05, 4.69) is 9.46 Å². The number of rotatable bonds is 6. The number of nitrogens with one attached hydrogen (secondary N) is 1. The van der Waals surface area contributed by atoms with Crippen molar-refractivity contribution in [1.82, 2.24) is 4.72 Å². The van der Waals surface area contributed by atoms with Crippen LogP contribution in [0.25, 0.3) is 0 Å². The fourth-order valence-electron chi connectivity index (χ4n) is 1.94. The number of carbonyl (C=O) groups excluding carboxylic acids is 1. The van der Waals surface area contributed by atoms with E-state index in [0.29, 0.717) is 6.42 Å². The molecule has 0 unspecified atom stereocenters. The molecule has 1 aromatic rings. The molecule has 0 amide bonds. The molecule has 0 saturated heterocycles. The summed E-state index contributed by atoms with van der Waals surface area (Å²) >= 11 is 0. The zero-order chi connectivity index (χ0) is 16.2. The Kier molecular flexibility index (Phi) is 5.92. The van der Waals surface area contributed by atoms with Crippen LogP contribution in [0.4, 0.5) is 0 Å². The van der Waals surface area contributed by atoms with Crippen molar-refractivity contribution in [3.05, 3.63) is 29.3 Å². The van der Waals surface area contributed by atoms with Crippen LogP contribution in [0.5, 0.6) is 0 Å². The molecule has 0 aliphatic rings. The second-order valence-corrected chi connectivity index (χ2v) is 7.29. The average Bonchev–Trinajstić information content (AvgIpc) is 2.39. The third kappa shape index (κ3) is 4.82. The van der Waals surface area contributed by atoms with Gasteiger partial charge in [-0.05, 0) is 49.4 Å². The summed E-state index contributed by atoms with van der Waals surface area (Å²) in [5.41, 5.74) is 1.90. The van der Waals surface area contributed by atoms with Gasteiger partial charge in [-0.1, -0.05) is 19.9 Å². The van der Waals surface area contributed by atoms with Crippen molar-refractivity contribution in [3.63, 3.8) is 0 Å². The molecule has 21 heavy (non-hydrogen) atoms. The Morgan fingerprint density at radius 1 is 1.24 bits per heavy atom. The standard InChI is InChI=1S/C15H23NO4S/c1-10(2)8-14(15(17)20-5)16-21(18,19)13-7-6-11(3)12(4)9-13/h6-7,9-10,14,16H,8H2,1-5H3/t14-/m0/s1. The Morgan fingerprint density at radius 2 is 1.86 bits per heavy atom. The summed E-state index contributed by atoms with van der Waals surface area (Å²) in [7, 11) is -2.50. The maximum absolute atomic E-state index is 12.4. The van der Waals surface area contributed by atoms with Crippen molar-refractivity contribution in [2.75, 3.05) is 7.11 Å². The van der Waals surface area contributed by atoms with E-state index in [9.17, 15) is 13.2 Å². The molecule has 1 atom stereocenters. The Bertz CT molecular complexity index is 608. The monoisotopic (exact) mass is 313 g/mol. The SMILES string of the molecule is COC(=O)[C@H](CC(C)C)NS(=O)(=O)c1ccc(C)c(C)c1. The van der Waals surface area contributed by atoms with E-state index < -0.39 is 22.0 Å². The molecule has 0 spiro atoms. The van der Waals surface area contributed by atoms with Crippen LogP contribution in [0.2, 0.25) is 0 Å². The van der Waals surface area contributed by atoms with Crippen LogP contribution in [0.15, 0.2) is 23.1 Å². The van der Waals surface area contributed by atoms with E-state index in [1.807, 2.05) is 27.7 Å². The van der Waals surface area contributed by atoms with E-state index in [1.165, 1.54) is 13.2 Å². The highest BCUT2D eigenvalue weighted by molar-refractivity contribution is 7.89. The molecule has 1 N–H and O–H groups in total. The highest BCUT2D eigenvalue weighted by atomic mass is 32.2. The van der Waals surface area contributed by atoms with Crippen LogP contribution < -0.4 is 4.72 Å². The minimum absolute atomic E-state index is 0.156. The second kappa shape index (κ2) is 7.04. The summed E-state index contributed by atoms with van der Waals surface area (Å²) in [6, 6.07) is 4.01. The quantitative estimate of drug-likeness (QED) is 0.817. The molecule has 1 rings (SSSR count). The van der Waals surface area contributed by atoms with E-state index in [0.717, 1.165) is 11.1 Å². The lowest BCUT2D eigenvalue weighted by atomic mass is 10.1. The zero-order valence-corrected chi connectivity index (χ0v) is 14.0. The second-order valence-electron chi connectivity index (χ2n) is 5.57. The first-order valence-electron chi connectivity index (χ1n) is 6.84. The van der Waals surface area contributed by atoms with Gasteiger partial charge in [-0.15, -0.1) is 0 Å². The predicted molar refractivity (Wildman–Crippen MR) is 81.5 cm³/mol. The number of benzene rings is 1. The molecule has 118 valence electrons. The smallest absolute Gasteiger partial charge is 0.323 e. The van der Waals surface area contributed by atoms with Gasteiger partial charge >= 0.3 is 5.97 Å². The number of esters is 1. The van der Waals surface area contributed by atoms with Crippen molar-refractivity contribution in [1.29, 1.82) is 0 Å². The normalized spacial score (nSPS) is 13.2. The van der Waals surface area contributed by atoms with E-state index in [-0.39, 0.29) is 10.8 Å². The molecule has 0 saturated carbocycles. The predicted octanol–water partition coefficient (Wildman–Crippen LogP) is 2.17. The number of hydrogen-bond donors (Lipinski definition) is 1. The topological polar surface area (TPSA) is 72.5 Å². The van der Waals surface area contributed by atoms with Crippen LogP contribution in [0, 0.1) is 19.8 Å². The molecule has 1 aromatic carbocycles. The molecule has 0 bridgehead atoms. The van der Waals surface area contributed by atoms with Gasteiger partial charge in [-0.2, -0.15) is 4.72 Å². The Labute approximate surface area is 126 Å². The molecule has 5 nitrogen and oxygen atoms in total. The molecular weight excluding hydrogens is 290 g/mol. The Morgan fingerprint density at radius 3 is 2.33 bits per heavy atom. The van der Waals surface area contributed by atoms with Crippen molar-refractivity contribution in [3.8, 4) is 0 Å². The summed E-state index contributed by atoms with van der Waals surface area (Å²) < 4.78 is 31.9. The number of methoxy groups -OCH3 is 1. The lowest BCUT2D eigenvalue weighted by molar-refractivity contribution is -0.143. The molecule has 6 heteroatoms. The fourth-order valence-corrected chi connectivity index (χ4v) is 3.22. The van der Waals surface area contributed by atoms with Crippen molar-refractivity contribution in [2.24, 2.45) is 5.92 Å². The van der Waals surface area contributed by atoms with Crippen LogP contribution in [-0.4, -0.2) is 27.5 Å². The molecule has 0 heterocycles. The van der Waals surface area contributed by atoms with Gasteiger partial charge in [0.1, 0.15) is 6.04 Å². The van der Waals surface area contributed by atoms with Gasteiger partial charge in [0.25, 0.3) is 0 Å². The minimum atomic E-state index is -3.75. The van der Waals surface area contributed by atoms with Crippen LogP contribution in [0.1, 0.15) is 31.4 Å². The lowest BCUT2D eigenvalue weighted by Crippen LogP contribution is -2.42. The average molecular weight is 313 g/mol. The number of carbonyl (C=O) groups is 1. The summed E-state index contributed by atoms with van der Waals surface area (Å²) in [4.78, 5) is 11.9. The number of sulfonamides is 1. The number of hydrogen-bond acceptors (Lipinski definition) is 4. The molecule has 0 aliphatic heterocycles. The number of aryl methyl sites for hydroxylation is 2. The highest BCUT2D eigenvalue weighted by Gasteiger charge is 2.27. The molecular formula is C15H23NO4S. The summed E-state index contributed by atoms with van der Waals surface area (Å²) in [5, 5.41) is 0. The first-order valence-corrected chi connectivity index (χ1v) is 8.33. The summed E-state index contributed by atoms with van der Waals surface area (Å²) in [6.45, 7) is 7.59. The molecule has 0 aromatic heterocycles. The largest absolute Gasteiger partial charge is 0.468 e. The lowest BCUT2D eigenvalue weighted by Gasteiger charge is -2.18. The van der Waals surface area contributed by atoms with Gasteiger partial charge in [-0.3, -0.25) is 4.79 Å². The van der Waals surface area contributed by atoms with Gasteiger partial charge in [0.05, 0.1) is 12.0 Å². The summed E-state index contributed by atoms with van der Waals surface area (Å²) in [5.74, 6) is -0.410. The van der Waals surface area contributed by atoms with Gasteiger partial charge in [0.15, 0.2) is 0 Å². The molecule has 0 fully saturated rings. The zero-order valence-electron chi connectivity index (χ0n) is 13.1. The fraction of sp³-hybridized carbons (Fsp3) is 0.533. The first-order chi connectivity index (χ1) is 9.67. The van der Waals surface area contributed by atoms with Crippen molar-refractivity contribution in [2.45, 2.75) is 45.1 Å². The third-order valence-corrected chi connectivity index (χ3v) is 4.75. The van der Waals surface area contributed by atoms with Gasteiger partial charge in [0, 0.05) is 0 Å². The van der Waals surface area contributed by atoms with Gasteiger partial charge in [-0.25, -0.2) is 8.42 Å². The Balaban J connectivity index is 3.05. The Hall–Kier alpha value is -1.40. The van der Waals surface area contributed by atoms with Crippen molar-refractivity contribution >= 4 is 16.0 Å². The minimum Gasteiger partial charge on any atom is -0.468 e. The van der Waals surface area contributed by atoms with E-state index in [1.54, 1.807) is 12.1 Å². The molecule has 0 aliphatic carbocycles. The summed E-state index contributed by atoms with van der Waals surface area (Å²) in [6.07, 6.45) is 0.386. The van der Waals surface area contributed by atoms with E-state index in [4.69, 9.17) is 0 Å². The van der Waals surface area contributed by atoms with Gasteiger partial charge < -0.3 is 4.74 Å². The maximum atomic E-state index is 12.4. The highest BCUT2D eigenvalue weighted by Crippen LogP contribution is 2.16. The maximum Gasteiger partial charge on any atom is 0.323 e. The van der Waals surface area contributed by atoms with E-state index >= 15 is 0 Å². The third-order valence-electron chi connectivity index (χ3n) is 3.28. The molecule has 0 radical (unpaired) electrons. The first kappa shape index (κ1) is 17.7.